The van der Waals surface area contributed by atoms with E-state index in [-0.39, 0.29) is 24.9 Å². The smallest absolute Gasteiger partial charge is 0.232 e. The second kappa shape index (κ2) is 11.6. The molecule has 1 atom stereocenters. The summed E-state index contributed by atoms with van der Waals surface area (Å²) in [5.74, 6) is 1.30. The first-order valence-electron chi connectivity index (χ1n) is 10.4. The summed E-state index contributed by atoms with van der Waals surface area (Å²) in [6, 6.07) is 14.4. The zero-order chi connectivity index (χ0) is 22.9. The number of rotatable bonds is 12. The van der Waals surface area contributed by atoms with Gasteiger partial charge in [0.15, 0.2) is 0 Å². The van der Waals surface area contributed by atoms with Gasteiger partial charge in [-0.3, -0.25) is 9.10 Å². The Kier molecular flexibility index (Phi) is 9.18. The van der Waals surface area contributed by atoms with Gasteiger partial charge >= 0.3 is 0 Å². The van der Waals surface area contributed by atoms with Gasteiger partial charge in [0, 0.05) is 13.0 Å². The van der Waals surface area contributed by atoms with Gasteiger partial charge in [-0.1, -0.05) is 17.7 Å². The summed E-state index contributed by atoms with van der Waals surface area (Å²) in [4.78, 5) is 12.2. The van der Waals surface area contributed by atoms with Crippen molar-refractivity contribution in [3.8, 4) is 11.5 Å². The molecule has 2 aromatic carbocycles. The first-order valence-corrected chi connectivity index (χ1v) is 12.2. The summed E-state index contributed by atoms with van der Waals surface area (Å²) < 4.78 is 36.8. The van der Waals surface area contributed by atoms with Crippen LogP contribution < -0.4 is 19.1 Å². The van der Waals surface area contributed by atoms with Gasteiger partial charge in [0.1, 0.15) is 18.1 Å². The molecule has 0 heterocycles. The molecule has 0 aliphatic carbocycles. The van der Waals surface area contributed by atoms with Crippen LogP contribution in [0.1, 0.15) is 32.3 Å². The Morgan fingerprint density at radius 2 is 1.61 bits per heavy atom. The minimum atomic E-state index is -3.47. The average molecular weight is 449 g/mol. The summed E-state index contributed by atoms with van der Waals surface area (Å²) >= 11 is 0. The average Bonchev–Trinajstić information content (AvgIpc) is 2.71. The van der Waals surface area contributed by atoms with Crippen molar-refractivity contribution < 1.29 is 22.7 Å². The van der Waals surface area contributed by atoms with Gasteiger partial charge in [-0.05, 0) is 63.6 Å². The van der Waals surface area contributed by atoms with E-state index in [1.807, 2.05) is 45.0 Å². The molecule has 0 saturated heterocycles. The highest BCUT2D eigenvalue weighted by atomic mass is 32.2. The molecule has 31 heavy (non-hydrogen) atoms. The zero-order valence-electron chi connectivity index (χ0n) is 18.6. The van der Waals surface area contributed by atoms with Crippen LogP contribution in [0.15, 0.2) is 48.5 Å². The van der Waals surface area contributed by atoms with E-state index in [1.54, 1.807) is 24.3 Å². The fourth-order valence-corrected chi connectivity index (χ4v) is 3.95. The van der Waals surface area contributed by atoms with Gasteiger partial charge in [-0.15, -0.1) is 0 Å². The van der Waals surface area contributed by atoms with E-state index in [0.717, 1.165) is 17.6 Å². The second-order valence-corrected chi connectivity index (χ2v) is 9.37. The number of amides is 1. The molecule has 1 amide bonds. The van der Waals surface area contributed by atoms with Crippen molar-refractivity contribution in [2.45, 2.75) is 39.7 Å². The van der Waals surface area contributed by atoms with Crippen molar-refractivity contribution in [3.05, 3.63) is 54.1 Å². The molecule has 0 bridgehead atoms. The van der Waals surface area contributed by atoms with Gasteiger partial charge < -0.3 is 14.8 Å². The van der Waals surface area contributed by atoms with E-state index >= 15 is 0 Å². The topological polar surface area (TPSA) is 84.9 Å². The second-order valence-electron chi connectivity index (χ2n) is 7.46. The highest BCUT2D eigenvalue weighted by Gasteiger charge is 2.18. The molecule has 0 spiro atoms. The van der Waals surface area contributed by atoms with Crippen LogP contribution in [-0.2, 0) is 14.8 Å². The number of sulfonamides is 1. The fraction of sp³-hybridized carbons (Fsp3) is 0.435. The van der Waals surface area contributed by atoms with Crippen LogP contribution in [-0.4, -0.2) is 46.4 Å². The molecule has 0 aromatic heterocycles. The van der Waals surface area contributed by atoms with Crippen molar-refractivity contribution in [3.63, 3.8) is 0 Å². The molecule has 0 aliphatic heterocycles. The highest BCUT2D eigenvalue weighted by Crippen LogP contribution is 2.22. The van der Waals surface area contributed by atoms with Gasteiger partial charge in [-0.25, -0.2) is 8.42 Å². The number of benzene rings is 2. The Labute approximate surface area is 185 Å². The first-order chi connectivity index (χ1) is 14.7. The van der Waals surface area contributed by atoms with Crippen LogP contribution in [0.4, 0.5) is 5.69 Å². The van der Waals surface area contributed by atoms with Gasteiger partial charge in [0.25, 0.3) is 0 Å². The molecule has 8 heteroatoms. The molecule has 170 valence electrons. The van der Waals surface area contributed by atoms with Crippen LogP contribution in [0.2, 0.25) is 0 Å². The maximum atomic E-state index is 12.2. The number of anilines is 1. The predicted octanol–water partition coefficient (Wildman–Crippen LogP) is 3.52. The number of nitrogens with zero attached hydrogens (tertiary/aromatic N) is 1. The summed E-state index contributed by atoms with van der Waals surface area (Å²) in [6.07, 6.45) is 1.78. The third-order valence-corrected chi connectivity index (χ3v) is 5.72. The standard InChI is InChI=1S/C23H32N2O5S/c1-5-29-21-14-10-20(11-15-21)25(31(4,27)28)16-6-7-23(26)24-19(3)17-30-22-12-8-18(2)9-13-22/h8-15,19H,5-7,16-17H2,1-4H3,(H,24,26)/t19-/m1/s1. The number of nitrogens with one attached hydrogen (secondary N) is 1. The molecule has 0 saturated carbocycles. The quantitative estimate of drug-likeness (QED) is 0.537. The van der Waals surface area contributed by atoms with Crippen molar-refractivity contribution >= 4 is 21.6 Å². The van der Waals surface area contributed by atoms with Crippen molar-refractivity contribution in [1.29, 1.82) is 0 Å². The third kappa shape index (κ3) is 8.49. The highest BCUT2D eigenvalue weighted by molar-refractivity contribution is 7.92. The maximum absolute atomic E-state index is 12.2. The van der Waals surface area contributed by atoms with Crippen LogP contribution in [0.3, 0.4) is 0 Å². The first kappa shape index (κ1) is 24.5. The number of carbonyl (C=O) groups is 1. The van der Waals surface area contributed by atoms with Gasteiger partial charge in [0.2, 0.25) is 15.9 Å². The lowest BCUT2D eigenvalue weighted by molar-refractivity contribution is -0.121. The van der Waals surface area contributed by atoms with E-state index in [0.29, 0.717) is 31.1 Å². The molecular formula is C23H32N2O5S. The maximum Gasteiger partial charge on any atom is 0.232 e. The largest absolute Gasteiger partial charge is 0.494 e. The van der Waals surface area contributed by atoms with E-state index in [9.17, 15) is 13.2 Å². The van der Waals surface area contributed by atoms with Crippen molar-refractivity contribution in [2.24, 2.45) is 0 Å². The summed E-state index contributed by atoms with van der Waals surface area (Å²) in [5.41, 5.74) is 1.70. The van der Waals surface area contributed by atoms with E-state index in [2.05, 4.69) is 5.32 Å². The molecule has 0 aliphatic rings. The molecule has 2 aromatic rings. The van der Waals surface area contributed by atoms with Crippen molar-refractivity contribution in [1.82, 2.24) is 5.32 Å². The monoisotopic (exact) mass is 448 g/mol. The third-order valence-electron chi connectivity index (χ3n) is 4.53. The van der Waals surface area contributed by atoms with E-state index in [4.69, 9.17) is 9.47 Å². The normalized spacial score (nSPS) is 12.1. The van der Waals surface area contributed by atoms with Crippen LogP contribution in [0.25, 0.3) is 0 Å². The zero-order valence-corrected chi connectivity index (χ0v) is 19.4. The lowest BCUT2D eigenvalue weighted by Gasteiger charge is -2.23. The predicted molar refractivity (Wildman–Crippen MR) is 123 cm³/mol. The molecule has 0 unspecified atom stereocenters. The van der Waals surface area contributed by atoms with E-state index < -0.39 is 10.0 Å². The minimum absolute atomic E-state index is 0.139. The SMILES string of the molecule is CCOc1ccc(N(CCCC(=O)N[C@H](C)COc2ccc(C)cc2)S(C)(=O)=O)cc1. The number of aryl methyl sites for hydroxylation is 1. The Hall–Kier alpha value is -2.74. The molecule has 1 N–H and O–H groups in total. The number of carbonyl (C=O) groups excluding carboxylic acids is 1. The van der Waals surface area contributed by atoms with E-state index in [1.165, 1.54) is 4.31 Å². The minimum Gasteiger partial charge on any atom is -0.494 e. The van der Waals surface area contributed by atoms with Gasteiger partial charge in [-0.2, -0.15) is 0 Å². The number of ether oxygens (including phenoxy) is 2. The Morgan fingerprint density at radius 1 is 1.03 bits per heavy atom. The van der Waals surface area contributed by atoms with Crippen LogP contribution >= 0.6 is 0 Å². The molecule has 2 rings (SSSR count). The fourth-order valence-electron chi connectivity index (χ4n) is 2.99. The Bertz CT molecular complexity index is 927. The summed E-state index contributed by atoms with van der Waals surface area (Å²) in [7, 11) is -3.47. The Balaban J connectivity index is 1.81. The summed E-state index contributed by atoms with van der Waals surface area (Å²) in [6.45, 7) is 6.88. The molecular weight excluding hydrogens is 416 g/mol. The molecule has 7 nitrogen and oxygen atoms in total. The van der Waals surface area contributed by atoms with Gasteiger partial charge in [0.05, 0.1) is 24.6 Å². The number of hydrogen-bond acceptors (Lipinski definition) is 5. The van der Waals surface area contributed by atoms with Crippen LogP contribution in [0, 0.1) is 6.92 Å². The van der Waals surface area contributed by atoms with Crippen molar-refractivity contribution in [2.75, 3.05) is 30.3 Å². The van der Waals surface area contributed by atoms with Crippen LogP contribution in [0.5, 0.6) is 11.5 Å². The molecule has 0 radical (unpaired) electrons. The molecule has 0 fully saturated rings. The lowest BCUT2D eigenvalue weighted by atomic mass is 10.2. The Morgan fingerprint density at radius 3 is 2.19 bits per heavy atom. The summed E-state index contributed by atoms with van der Waals surface area (Å²) in [5, 5.41) is 2.89. The number of hydrogen-bond donors (Lipinski definition) is 1. The lowest BCUT2D eigenvalue weighted by Crippen LogP contribution is -2.37.